The first-order valence-corrected chi connectivity index (χ1v) is 4.28. The van der Waals surface area contributed by atoms with E-state index in [0.717, 1.165) is 17.9 Å². The maximum Gasteiger partial charge on any atom is 0.0675 e. The zero-order valence-corrected chi connectivity index (χ0v) is 8.18. The Kier molecular flexibility index (Phi) is 5.22. The Morgan fingerprint density at radius 1 is 1.36 bits per heavy atom. The molecule has 0 aromatic rings. The van der Waals surface area contributed by atoms with Crippen molar-refractivity contribution in [3.05, 3.63) is 12.2 Å². The standard InChI is InChI=1S/C10H20O/c1-8(2)6-10(5)11-7-9(3)4/h8,10H,3,6-7H2,1-2,4-5H3/t10-/m0/s1. The van der Waals surface area contributed by atoms with Gasteiger partial charge in [-0.15, -0.1) is 0 Å². The molecule has 1 atom stereocenters. The van der Waals surface area contributed by atoms with Crippen LogP contribution in [0.15, 0.2) is 12.2 Å². The Morgan fingerprint density at radius 3 is 2.27 bits per heavy atom. The summed E-state index contributed by atoms with van der Waals surface area (Å²) in [4.78, 5) is 0. The minimum atomic E-state index is 0.367. The summed E-state index contributed by atoms with van der Waals surface area (Å²) in [5, 5.41) is 0. The number of hydrogen-bond acceptors (Lipinski definition) is 1. The highest BCUT2D eigenvalue weighted by Gasteiger charge is 2.04. The smallest absolute Gasteiger partial charge is 0.0675 e. The predicted molar refractivity (Wildman–Crippen MR) is 49.7 cm³/mol. The summed E-state index contributed by atoms with van der Waals surface area (Å²) in [5.74, 6) is 0.718. The highest BCUT2D eigenvalue weighted by molar-refractivity contribution is 4.87. The van der Waals surface area contributed by atoms with Gasteiger partial charge in [-0.3, -0.25) is 0 Å². The molecule has 0 aromatic heterocycles. The zero-order valence-electron chi connectivity index (χ0n) is 8.18. The van der Waals surface area contributed by atoms with Crippen molar-refractivity contribution in [3.63, 3.8) is 0 Å². The normalized spacial score (nSPS) is 13.5. The van der Waals surface area contributed by atoms with Crippen LogP contribution >= 0.6 is 0 Å². The van der Waals surface area contributed by atoms with Crippen LogP contribution in [0.5, 0.6) is 0 Å². The maximum atomic E-state index is 5.51. The molecule has 0 unspecified atom stereocenters. The van der Waals surface area contributed by atoms with E-state index in [1.807, 2.05) is 6.92 Å². The molecule has 0 aliphatic carbocycles. The van der Waals surface area contributed by atoms with Crippen LogP contribution in [0.3, 0.4) is 0 Å². The molecule has 0 radical (unpaired) electrons. The van der Waals surface area contributed by atoms with E-state index in [0.29, 0.717) is 12.7 Å². The molecule has 0 fully saturated rings. The molecular weight excluding hydrogens is 136 g/mol. The molecule has 66 valence electrons. The highest BCUT2D eigenvalue weighted by Crippen LogP contribution is 2.07. The predicted octanol–water partition coefficient (Wildman–Crippen LogP) is 3.01. The van der Waals surface area contributed by atoms with Crippen LogP contribution < -0.4 is 0 Å². The maximum absolute atomic E-state index is 5.51. The van der Waals surface area contributed by atoms with E-state index >= 15 is 0 Å². The fourth-order valence-electron chi connectivity index (χ4n) is 1.02. The molecule has 1 heteroatoms. The lowest BCUT2D eigenvalue weighted by atomic mass is 10.1. The Morgan fingerprint density at radius 2 is 1.91 bits per heavy atom. The molecule has 0 bridgehead atoms. The van der Waals surface area contributed by atoms with Crippen molar-refractivity contribution in [2.75, 3.05) is 6.61 Å². The molecule has 0 rings (SSSR count). The van der Waals surface area contributed by atoms with Crippen molar-refractivity contribution in [1.29, 1.82) is 0 Å². The van der Waals surface area contributed by atoms with Gasteiger partial charge in [0.1, 0.15) is 0 Å². The molecular formula is C10H20O. The summed E-state index contributed by atoms with van der Waals surface area (Å²) >= 11 is 0. The molecule has 0 spiro atoms. The van der Waals surface area contributed by atoms with Gasteiger partial charge in [0.05, 0.1) is 12.7 Å². The van der Waals surface area contributed by atoms with Crippen LogP contribution in [0.4, 0.5) is 0 Å². The van der Waals surface area contributed by atoms with E-state index in [2.05, 4.69) is 27.4 Å². The molecule has 0 N–H and O–H groups in total. The first kappa shape index (κ1) is 10.7. The number of hydrogen-bond donors (Lipinski definition) is 0. The van der Waals surface area contributed by atoms with Crippen molar-refractivity contribution in [3.8, 4) is 0 Å². The Hall–Kier alpha value is -0.300. The highest BCUT2D eigenvalue weighted by atomic mass is 16.5. The Bertz CT molecular complexity index is 116. The van der Waals surface area contributed by atoms with Gasteiger partial charge < -0.3 is 4.74 Å². The second-order valence-electron chi connectivity index (χ2n) is 3.71. The van der Waals surface area contributed by atoms with E-state index in [1.54, 1.807) is 0 Å². The quantitative estimate of drug-likeness (QED) is 0.556. The lowest BCUT2D eigenvalue weighted by Gasteiger charge is -2.14. The molecule has 0 saturated heterocycles. The van der Waals surface area contributed by atoms with Gasteiger partial charge in [0, 0.05) is 0 Å². The topological polar surface area (TPSA) is 9.23 Å². The van der Waals surface area contributed by atoms with Crippen molar-refractivity contribution >= 4 is 0 Å². The van der Waals surface area contributed by atoms with Gasteiger partial charge in [-0.2, -0.15) is 0 Å². The van der Waals surface area contributed by atoms with Crippen LogP contribution in [0.25, 0.3) is 0 Å². The third-order valence-electron chi connectivity index (χ3n) is 1.42. The summed E-state index contributed by atoms with van der Waals surface area (Å²) in [6, 6.07) is 0. The number of rotatable bonds is 5. The van der Waals surface area contributed by atoms with Crippen molar-refractivity contribution < 1.29 is 4.74 Å². The summed E-state index contributed by atoms with van der Waals surface area (Å²) in [6.07, 6.45) is 1.50. The van der Waals surface area contributed by atoms with E-state index in [1.165, 1.54) is 0 Å². The van der Waals surface area contributed by atoms with Gasteiger partial charge in [0.25, 0.3) is 0 Å². The van der Waals surface area contributed by atoms with Crippen molar-refractivity contribution in [1.82, 2.24) is 0 Å². The van der Waals surface area contributed by atoms with Gasteiger partial charge in [-0.25, -0.2) is 0 Å². The molecule has 0 aliphatic heterocycles. The molecule has 0 heterocycles. The van der Waals surface area contributed by atoms with Gasteiger partial charge in [-0.1, -0.05) is 26.0 Å². The second-order valence-corrected chi connectivity index (χ2v) is 3.71. The molecule has 0 aliphatic rings. The second kappa shape index (κ2) is 5.36. The number of ether oxygens (including phenoxy) is 1. The van der Waals surface area contributed by atoms with Crippen molar-refractivity contribution in [2.24, 2.45) is 5.92 Å². The van der Waals surface area contributed by atoms with Gasteiger partial charge >= 0.3 is 0 Å². The Labute approximate surface area is 70.4 Å². The van der Waals surface area contributed by atoms with Crippen LogP contribution in [0, 0.1) is 5.92 Å². The zero-order chi connectivity index (χ0) is 8.85. The summed E-state index contributed by atoms with van der Waals surface area (Å²) in [7, 11) is 0. The third kappa shape index (κ3) is 7.60. The SMILES string of the molecule is C=C(C)CO[C@@H](C)CC(C)C. The minimum absolute atomic E-state index is 0.367. The lowest BCUT2D eigenvalue weighted by Crippen LogP contribution is -2.12. The monoisotopic (exact) mass is 156 g/mol. The van der Waals surface area contributed by atoms with Gasteiger partial charge in [-0.05, 0) is 26.2 Å². The minimum Gasteiger partial charge on any atom is -0.374 e. The van der Waals surface area contributed by atoms with E-state index < -0.39 is 0 Å². The fourth-order valence-corrected chi connectivity index (χ4v) is 1.02. The van der Waals surface area contributed by atoms with E-state index in [9.17, 15) is 0 Å². The molecule has 11 heavy (non-hydrogen) atoms. The fraction of sp³-hybridized carbons (Fsp3) is 0.800. The van der Waals surface area contributed by atoms with Crippen LogP contribution in [-0.4, -0.2) is 12.7 Å². The first-order valence-electron chi connectivity index (χ1n) is 4.28. The third-order valence-corrected chi connectivity index (χ3v) is 1.42. The average Bonchev–Trinajstić information content (AvgIpc) is 1.82. The molecule has 0 aromatic carbocycles. The summed E-state index contributed by atoms with van der Waals surface area (Å²) in [5.41, 5.74) is 1.10. The van der Waals surface area contributed by atoms with E-state index in [-0.39, 0.29) is 0 Å². The van der Waals surface area contributed by atoms with Crippen LogP contribution in [0.2, 0.25) is 0 Å². The molecule has 1 nitrogen and oxygen atoms in total. The molecule has 0 amide bonds. The molecule has 0 saturated carbocycles. The lowest BCUT2D eigenvalue weighted by molar-refractivity contribution is 0.0682. The Balaban J connectivity index is 3.37. The van der Waals surface area contributed by atoms with E-state index in [4.69, 9.17) is 4.74 Å². The van der Waals surface area contributed by atoms with Crippen LogP contribution in [-0.2, 0) is 4.74 Å². The van der Waals surface area contributed by atoms with Crippen molar-refractivity contribution in [2.45, 2.75) is 40.2 Å². The average molecular weight is 156 g/mol. The van der Waals surface area contributed by atoms with Gasteiger partial charge in [0.15, 0.2) is 0 Å². The summed E-state index contributed by atoms with van der Waals surface area (Å²) < 4.78 is 5.51. The largest absolute Gasteiger partial charge is 0.374 e. The van der Waals surface area contributed by atoms with Gasteiger partial charge in [0.2, 0.25) is 0 Å². The summed E-state index contributed by atoms with van der Waals surface area (Å²) in [6.45, 7) is 13.0. The van der Waals surface area contributed by atoms with Crippen LogP contribution in [0.1, 0.15) is 34.1 Å². The first-order chi connectivity index (χ1) is 5.02.